The topological polar surface area (TPSA) is 68.9 Å². The summed E-state index contributed by atoms with van der Waals surface area (Å²) < 4.78 is 41.9. The molecule has 0 unspecified atom stereocenters. The quantitative estimate of drug-likeness (QED) is 0.357. The van der Waals surface area contributed by atoms with Crippen molar-refractivity contribution in [1.29, 1.82) is 0 Å². The van der Waals surface area contributed by atoms with E-state index in [1.54, 1.807) is 35.8 Å². The predicted molar refractivity (Wildman–Crippen MR) is 124 cm³/mol. The molecule has 4 aromatic rings. The second kappa shape index (κ2) is 10.1. The molecule has 1 N–H and O–H groups in total. The van der Waals surface area contributed by atoms with Gasteiger partial charge in [0, 0.05) is 42.0 Å². The fourth-order valence-corrected chi connectivity index (χ4v) is 4.27. The van der Waals surface area contributed by atoms with Crippen molar-refractivity contribution in [3.8, 4) is 16.9 Å². The van der Waals surface area contributed by atoms with Crippen LogP contribution in [0.4, 0.5) is 13.2 Å². The van der Waals surface area contributed by atoms with Crippen molar-refractivity contribution in [3.63, 3.8) is 0 Å². The third kappa shape index (κ3) is 5.45. The van der Waals surface area contributed by atoms with E-state index in [4.69, 9.17) is 0 Å². The number of unbranched alkanes of at least 4 members (excludes halogenated alkanes) is 1. The van der Waals surface area contributed by atoms with Gasteiger partial charge in [-0.3, -0.25) is 18.8 Å². The highest BCUT2D eigenvalue weighted by atomic mass is 32.1. The molecule has 0 bridgehead atoms. The van der Waals surface area contributed by atoms with Gasteiger partial charge in [0.25, 0.3) is 5.91 Å². The van der Waals surface area contributed by atoms with Gasteiger partial charge >= 0.3 is 11.0 Å². The van der Waals surface area contributed by atoms with Crippen LogP contribution in [0.2, 0.25) is 0 Å². The Labute approximate surface area is 197 Å². The molecule has 34 heavy (non-hydrogen) atoms. The Morgan fingerprint density at radius 1 is 1.06 bits per heavy atom. The third-order valence-corrected chi connectivity index (χ3v) is 5.95. The van der Waals surface area contributed by atoms with Gasteiger partial charge in [-0.1, -0.05) is 23.5 Å². The van der Waals surface area contributed by atoms with Crippen LogP contribution < -0.4 is 10.2 Å². The monoisotopic (exact) mass is 486 g/mol. The Kier molecular flexibility index (Phi) is 6.97. The highest BCUT2D eigenvalue weighted by Crippen LogP contribution is 2.30. The van der Waals surface area contributed by atoms with Gasteiger partial charge in [-0.15, -0.1) is 0 Å². The van der Waals surface area contributed by atoms with Gasteiger partial charge in [0.05, 0.1) is 16.9 Å². The minimum absolute atomic E-state index is 0.236. The minimum atomic E-state index is -4.46. The number of rotatable bonds is 8. The smallest absolute Gasteiger partial charge is 0.352 e. The number of carbonyl (C=O) groups is 1. The second-order valence-corrected chi connectivity index (χ2v) is 8.40. The summed E-state index contributed by atoms with van der Waals surface area (Å²) >= 11 is 0.940. The van der Waals surface area contributed by atoms with Crippen LogP contribution in [0.25, 0.3) is 16.9 Å². The maximum Gasteiger partial charge on any atom is 0.416 e. The Morgan fingerprint density at radius 3 is 2.56 bits per heavy atom. The maximum atomic E-state index is 12.9. The summed E-state index contributed by atoms with van der Waals surface area (Å²) in [6.07, 6.45) is 0.819. The van der Waals surface area contributed by atoms with Gasteiger partial charge in [-0.05, 0) is 55.3 Å². The molecule has 176 valence electrons. The van der Waals surface area contributed by atoms with E-state index in [1.807, 2.05) is 16.9 Å². The molecule has 1 amide bonds. The predicted octanol–water partition coefficient (Wildman–Crippen LogP) is 4.99. The van der Waals surface area contributed by atoms with Crippen LogP contribution >= 0.6 is 11.3 Å². The molecule has 0 aliphatic carbocycles. The van der Waals surface area contributed by atoms with E-state index in [0.29, 0.717) is 29.1 Å². The van der Waals surface area contributed by atoms with E-state index in [9.17, 15) is 22.8 Å². The lowest BCUT2D eigenvalue weighted by atomic mass is 10.1. The first-order chi connectivity index (χ1) is 16.3. The number of hydrogen-bond acceptors (Lipinski definition) is 4. The van der Waals surface area contributed by atoms with Crippen LogP contribution in [0, 0.1) is 0 Å². The lowest BCUT2D eigenvalue weighted by molar-refractivity contribution is -0.137. The fourth-order valence-electron chi connectivity index (χ4n) is 3.51. The number of nitrogens with zero attached hydrogens (tertiary/aromatic N) is 3. The molecular weight excluding hydrogens is 465 g/mol. The van der Waals surface area contributed by atoms with Gasteiger partial charge in [-0.2, -0.15) is 18.3 Å². The zero-order valence-corrected chi connectivity index (χ0v) is 18.8. The normalized spacial score (nSPS) is 11.5. The number of benzene rings is 2. The van der Waals surface area contributed by atoms with Gasteiger partial charge in [-0.25, -0.2) is 0 Å². The summed E-state index contributed by atoms with van der Waals surface area (Å²) in [5.74, 6) is -0.236. The zero-order valence-electron chi connectivity index (χ0n) is 18.0. The Bertz CT molecular complexity index is 1310. The maximum absolute atomic E-state index is 12.9. The standard InChI is InChI=1S/C24H21F3N4O2S/c25-24(26,27)19-7-9-20(10-8-19)31-21(16-34-23(31)33)17-5-3-6-18(15-17)22(32)28-11-1-2-13-30-14-4-12-29-30/h3-10,12,14-16H,1-2,11,13H2,(H,28,32). The van der Waals surface area contributed by atoms with Gasteiger partial charge in [0.15, 0.2) is 0 Å². The fraction of sp³-hybridized carbons (Fsp3) is 0.208. The highest BCUT2D eigenvalue weighted by Gasteiger charge is 2.30. The number of aryl methyl sites for hydroxylation is 1. The number of aromatic nitrogens is 3. The first-order valence-electron chi connectivity index (χ1n) is 10.6. The molecule has 0 spiro atoms. The summed E-state index contributed by atoms with van der Waals surface area (Å²) in [4.78, 5) is 24.8. The van der Waals surface area contributed by atoms with Crippen molar-refractivity contribution in [3.05, 3.63) is 93.2 Å². The summed E-state index contributed by atoms with van der Waals surface area (Å²) in [5, 5.41) is 8.66. The van der Waals surface area contributed by atoms with Crippen LogP contribution in [0.1, 0.15) is 28.8 Å². The number of halogens is 3. The van der Waals surface area contributed by atoms with Crippen molar-refractivity contribution in [2.24, 2.45) is 0 Å². The van der Waals surface area contributed by atoms with Crippen molar-refractivity contribution in [2.75, 3.05) is 6.54 Å². The van der Waals surface area contributed by atoms with Crippen molar-refractivity contribution >= 4 is 17.2 Å². The minimum Gasteiger partial charge on any atom is -0.352 e. The molecule has 10 heteroatoms. The first-order valence-corrected chi connectivity index (χ1v) is 11.4. The lowest BCUT2D eigenvalue weighted by Gasteiger charge is -2.11. The Balaban J connectivity index is 1.46. The van der Waals surface area contributed by atoms with Crippen LogP contribution in [0.3, 0.4) is 0 Å². The van der Waals surface area contributed by atoms with Gasteiger partial charge in [0.1, 0.15) is 0 Å². The molecule has 6 nitrogen and oxygen atoms in total. The number of hydrogen-bond donors (Lipinski definition) is 1. The average molecular weight is 487 g/mol. The first kappa shape index (κ1) is 23.5. The molecule has 0 saturated heterocycles. The number of thiazole rings is 1. The molecule has 2 heterocycles. The van der Waals surface area contributed by atoms with Crippen molar-refractivity contribution in [2.45, 2.75) is 25.6 Å². The highest BCUT2D eigenvalue weighted by molar-refractivity contribution is 7.07. The molecule has 0 atom stereocenters. The average Bonchev–Trinajstić information content (AvgIpc) is 3.48. The summed E-state index contributed by atoms with van der Waals surface area (Å²) in [6.45, 7) is 1.29. The van der Waals surface area contributed by atoms with Gasteiger partial charge < -0.3 is 5.32 Å². The largest absolute Gasteiger partial charge is 0.416 e. The second-order valence-electron chi connectivity index (χ2n) is 7.58. The number of alkyl halides is 3. The van der Waals surface area contributed by atoms with Gasteiger partial charge in [0.2, 0.25) is 0 Å². The number of nitrogens with one attached hydrogen (secondary N) is 1. The summed E-state index contributed by atoms with van der Waals surface area (Å²) in [5.41, 5.74) is 1.08. The third-order valence-electron chi connectivity index (χ3n) is 5.23. The molecule has 2 aromatic heterocycles. The van der Waals surface area contributed by atoms with E-state index in [1.165, 1.54) is 16.7 Å². The molecule has 2 aromatic carbocycles. The van der Waals surface area contributed by atoms with Crippen LogP contribution in [0.5, 0.6) is 0 Å². The van der Waals surface area contributed by atoms with E-state index in [-0.39, 0.29) is 10.8 Å². The lowest BCUT2D eigenvalue weighted by Crippen LogP contribution is -2.24. The van der Waals surface area contributed by atoms with Crippen LogP contribution in [-0.2, 0) is 12.7 Å². The van der Waals surface area contributed by atoms with Crippen molar-refractivity contribution < 1.29 is 18.0 Å². The van der Waals surface area contributed by atoms with Crippen LogP contribution in [-0.4, -0.2) is 26.8 Å². The molecule has 0 radical (unpaired) electrons. The van der Waals surface area contributed by atoms with Crippen LogP contribution in [0.15, 0.2) is 77.2 Å². The Hall–Kier alpha value is -3.66. The number of carbonyl (C=O) groups excluding carboxylic acids is 1. The molecular formula is C24H21F3N4O2S. The molecule has 0 fully saturated rings. The van der Waals surface area contributed by atoms with E-state index in [0.717, 1.165) is 42.9 Å². The summed E-state index contributed by atoms with van der Waals surface area (Å²) in [7, 11) is 0. The number of amides is 1. The SMILES string of the molecule is O=C(NCCCCn1cccn1)c1cccc(-c2csc(=O)n2-c2ccc(C(F)(F)F)cc2)c1. The van der Waals surface area contributed by atoms with E-state index >= 15 is 0 Å². The van der Waals surface area contributed by atoms with E-state index in [2.05, 4.69) is 10.4 Å². The molecule has 0 aliphatic heterocycles. The molecule has 0 aliphatic rings. The van der Waals surface area contributed by atoms with Crippen molar-refractivity contribution in [1.82, 2.24) is 19.7 Å². The Morgan fingerprint density at radius 2 is 1.85 bits per heavy atom. The molecule has 4 rings (SSSR count). The van der Waals surface area contributed by atoms with E-state index < -0.39 is 11.7 Å². The molecule has 0 saturated carbocycles. The zero-order chi connectivity index (χ0) is 24.1. The summed E-state index contributed by atoms with van der Waals surface area (Å²) in [6, 6.07) is 13.1.